The molecular weight excluding hydrogens is 380 g/mol. The number of carboxylic acids is 2. The lowest BCUT2D eigenvalue weighted by atomic mass is 10.0. The van der Waals surface area contributed by atoms with Gasteiger partial charge in [-0.25, -0.2) is 9.59 Å². The van der Waals surface area contributed by atoms with Crippen LogP contribution in [0.15, 0.2) is 36.4 Å². The first kappa shape index (κ1) is 21.7. The maximum Gasteiger partial charge on any atom is 0.377 e. The van der Waals surface area contributed by atoms with Gasteiger partial charge in [-0.15, -0.1) is 0 Å². The number of carbonyl (C=O) groups excluding carboxylic acids is 1. The smallest absolute Gasteiger partial charge is 0.377 e. The number of hydrogen-bond acceptors (Lipinski definition) is 6. The van der Waals surface area contributed by atoms with Crippen LogP contribution in [0.5, 0.6) is 17.2 Å². The third-order valence-corrected chi connectivity index (χ3v) is 4.10. The molecule has 0 unspecified atom stereocenters. The number of rotatable bonds is 11. The SMILES string of the molecule is CCCc1c(OCCCOc2ccc(C(=O)C(=O)O)cc2)ccc(C(=O)O)c1O. The Bertz CT molecular complexity index is 886. The molecule has 2 aromatic rings. The van der Waals surface area contributed by atoms with Crippen LogP contribution in [0.4, 0.5) is 0 Å². The van der Waals surface area contributed by atoms with Crippen LogP contribution in [0.25, 0.3) is 0 Å². The van der Waals surface area contributed by atoms with Gasteiger partial charge >= 0.3 is 11.9 Å². The summed E-state index contributed by atoms with van der Waals surface area (Å²) < 4.78 is 11.2. The number of benzene rings is 2. The number of aromatic hydroxyl groups is 1. The number of aromatic carboxylic acids is 1. The summed E-state index contributed by atoms with van der Waals surface area (Å²) in [5, 5.41) is 28.0. The van der Waals surface area contributed by atoms with E-state index in [4.69, 9.17) is 19.7 Å². The Balaban J connectivity index is 1.88. The fraction of sp³-hybridized carbons (Fsp3) is 0.286. The number of ketones is 1. The minimum Gasteiger partial charge on any atom is -0.507 e. The van der Waals surface area contributed by atoms with Gasteiger partial charge in [0.25, 0.3) is 5.78 Å². The van der Waals surface area contributed by atoms with Gasteiger partial charge < -0.3 is 24.8 Å². The van der Waals surface area contributed by atoms with E-state index in [1.807, 2.05) is 6.92 Å². The highest BCUT2D eigenvalue weighted by atomic mass is 16.5. The van der Waals surface area contributed by atoms with Crippen LogP contribution >= 0.6 is 0 Å². The topological polar surface area (TPSA) is 130 Å². The Kier molecular flexibility index (Phi) is 7.59. The lowest BCUT2D eigenvalue weighted by Crippen LogP contribution is -2.12. The first-order valence-corrected chi connectivity index (χ1v) is 9.06. The van der Waals surface area contributed by atoms with Gasteiger partial charge in [0.2, 0.25) is 0 Å². The zero-order chi connectivity index (χ0) is 21.4. The summed E-state index contributed by atoms with van der Waals surface area (Å²) in [7, 11) is 0. The second kappa shape index (κ2) is 10.1. The standard InChI is InChI=1S/C21H22O8/c1-2-4-15-17(10-9-16(19(15)23)20(24)25)29-12-3-11-28-14-7-5-13(6-8-14)18(22)21(26)27/h5-10,23H,2-4,11-12H2,1H3,(H,24,25)(H,26,27). The van der Waals surface area contributed by atoms with Crippen molar-refractivity contribution >= 4 is 17.7 Å². The zero-order valence-corrected chi connectivity index (χ0v) is 15.9. The third-order valence-electron chi connectivity index (χ3n) is 4.10. The van der Waals surface area contributed by atoms with Gasteiger partial charge in [0.1, 0.15) is 22.8 Å². The Labute approximate surface area is 167 Å². The van der Waals surface area contributed by atoms with Crippen molar-refractivity contribution in [3.8, 4) is 17.2 Å². The Morgan fingerprint density at radius 1 is 0.931 bits per heavy atom. The second-order valence-electron chi connectivity index (χ2n) is 6.20. The van der Waals surface area contributed by atoms with Crippen LogP contribution in [-0.4, -0.2) is 46.3 Å². The van der Waals surface area contributed by atoms with Crippen LogP contribution < -0.4 is 9.47 Å². The van der Waals surface area contributed by atoms with Crippen molar-refractivity contribution in [2.24, 2.45) is 0 Å². The van der Waals surface area contributed by atoms with E-state index in [0.717, 1.165) is 6.42 Å². The summed E-state index contributed by atoms with van der Waals surface area (Å²) in [6, 6.07) is 8.63. The number of carboxylic acid groups (broad SMARTS) is 2. The minimum atomic E-state index is -1.51. The quantitative estimate of drug-likeness (QED) is 0.297. The first-order chi connectivity index (χ1) is 13.8. The minimum absolute atomic E-state index is 0.0706. The number of Topliss-reactive ketones (excluding diaryl/α,β-unsaturated/α-hetero) is 1. The molecule has 29 heavy (non-hydrogen) atoms. The molecule has 3 N–H and O–H groups in total. The van der Waals surface area contributed by atoms with Gasteiger partial charge in [-0.1, -0.05) is 13.3 Å². The summed E-state index contributed by atoms with van der Waals surface area (Å²) in [5.74, 6) is -3.04. The number of ether oxygens (including phenoxy) is 2. The van der Waals surface area contributed by atoms with Crippen molar-refractivity contribution in [1.82, 2.24) is 0 Å². The number of hydrogen-bond donors (Lipinski definition) is 3. The summed E-state index contributed by atoms with van der Waals surface area (Å²) in [4.78, 5) is 33.1. The van der Waals surface area contributed by atoms with E-state index in [-0.39, 0.29) is 23.5 Å². The molecule has 8 nitrogen and oxygen atoms in total. The number of aliphatic carboxylic acids is 1. The molecule has 154 valence electrons. The average molecular weight is 402 g/mol. The Morgan fingerprint density at radius 3 is 2.17 bits per heavy atom. The lowest BCUT2D eigenvalue weighted by molar-refractivity contribution is -0.131. The Morgan fingerprint density at radius 2 is 1.59 bits per heavy atom. The molecule has 0 spiro atoms. The van der Waals surface area contributed by atoms with Crippen molar-refractivity contribution in [2.75, 3.05) is 13.2 Å². The van der Waals surface area contributed by atoms with Crippen molar-refractivity contribution in [1.29, 1.82) is 0 Å². The highest BCUT2D eigenvalue weighted by molar-refractivity contribution is 6.39. The summed E-state index contributed by atoms with van der Waals surface area (Å²) in [6.07, 6.45) is 1.72. The molecule has 8 heteroatoms. The number of phenols is 1. The molecule has 2 aromatic carbocycles. The van der Waals surface area contributed by atoms with Gasteiger partial charge in [-0.05, 0) is 42.8 Å². The fourth-order valence-corrected chi connectivity index (χ4v) is 2.67. The van der Waals surface area contributed by atoms with E-state index in [0.29, 0.717) is 36.5 Å². The molecule has 2 rings (SSSR count). The predicted molar refractivity (Wildman–Crippen MR) is 103 cm³/mol. The van der Waals surface area contributed by atoms with Crippen molar-refractivity contribution < 1.29 is 39.2 Å². The van der Waals surface area contributed by atoms with E-state index in [1.54, 1.807) is 0 Å². The maximum absolute atomic E-state index is 11.3. The third kappa shape index (κ3) is 5.71. The number of carbonyl (C=O) groups is 3. The molecule has 0 atom stereocenters. The first-order valence-electron chi connectivity index (χ1n) is 9.06. The molecular formula is C21H22O8. The normalized spacial score (nSPS) is 10.4. The molecule has 0 aromatic heterocycles. The predicted octanol–water partition coefficient (Wildman–Crippen LogP) is 3.16. The van der Waals surface area contributed by atoms with Crippen LogP contribution in [0.3, 0.4) is 0 Å². The van der Waals surface area contributed by atoms with Gasteiger partial charge in [0.15, 0.2) is 0 Å². The molecule has 0 heterocycles. The summed E-state index contributed by atoms with van der Waals surface area (Å²) >= 11 is 0. The van der Waals surface area contributed by atoms with Crippen LogP contribution in [-0.2, 0) is 11.2 Å². The van der Waals surface area contributed by atoms with Gasteiger partial charge in [-0.2, -0.15) is 0 Å². The highest BCUT2D eigenvalue weighted by Gasteiger charge is 2.17. The molecule has 0 amide bonds. The molecule has 0 radical (unpaired) electrons. The van der Waals surface area contributed by atoms with E-state index >= 15 is 0 Å². The van der Waals surface area contributed by atoms with Crippen molar-refractivity contribution in [3.63, 3.8) is 0 Å². The summed E-state index contributed by atoms with van der Waals surface area (Å²) in [6.45, 7) is 2.52. The zero-order valence-electron chi connectivity index (χ0n) is 15.9. The van der Waals surface area contributed by atoms with E-state index in [9.17, 15) is 19.5 Å². The molecule has 0 saturated heterocycles. The van der Waals surface area contributed by atoms with Gasteiger partial charge in [-0.3, -0.25) is 4.79 Å². The fourth-order valence-electron chi connectivity index (χ4n) is 2.67. The van der Waals surface area contributed by atoms with Gasteiger partial charge in [0, 0.05) is 17.5 Å². The molecule has 0 bridgehead atoms. The van der Waals surface area contributed by atoms with E-state index in [1.165, 1.54) is 36.4 Å². The monoisotopic (exact) mass is 402 g/mol. The maximum atomic E-state index is 11.3. The molecule has 0 aliphatic rings. The van der Waals surface area contributed by atoms with Gasteiger partial charge in [0.05, 0.1) is 13.2 Å². The van der Waals surface area contributed by atoms with E-state index in [2.05, 4.69) is 0 Å². The van der Waals surface area contributed by atoms with Crippen LogP contribution in [0.2, 0.25) is 0 Å². The van der Waals surface area contributed by atoms with Crippen molar-refractivity contribution in [3.05, 3.63) is 53.1 Å². The molecule has 0 aliphatic carbocycles. The molecule has 0 fully saturated rings. The van der Waals surface area contributed by atoms with Crippen LogP contribution in [0.1, 0.15) is 46.0 Å². The average Bonchev–Trinajstić information content (AvgIpc) is 2.69. The lowest BCUT2D eigenvalue weighted by Gasteiger charge is -2.14. The summed E-state index contributed by atoms with van der Waals surface area (Å²) in [5.41, 5.74) is 0.377. The van der Waals surface area contributed by atoms with Crippen LogP contribution in [0, 0.1) is 0 Å². The van der Waals surface area contributed by atoms with E-state index < -0.39 is 17.7 Å². The molecule has 0 aliphatic heterocycles. The Hall–Kier alpha value is -3.55. The molecule has 0 saturated carbocycles. The second-order valence-corrected chi connectivity index (χ2v) is 6.20. The largest absolute Gasteiger partial charge is 0.507 e. The highest BCUT2D eigenvalue weighted by Crippen LogP contribution is 2.32. The van der Waals surface area contributed by atoms with Crippen molar-refractivity contribution in [2.45, 2.75) is 26.2 Å².